The Balaban J connectivity index is 2.11. The van der Waals surface area contributed by atoms with Gasteiger partial charge in [-0.05, 0) is 37.1 Å². The molecule has 0 bridgehead atoms. The van der Waals surface area contributed by atoms with Crippen molar-refractivity contribution < 1.29 is 9.15 Å². The number of rotatable bonds is 5. The molecule has 1 heterocycles. The van der Waals surface area contributed by atoms with E-state index in [0.29, 0.717) is 17.6 Å². The second kappa shape index (κ2) is 6.29. The second-order valence-electron chi connectivity index (χ2n) is 5.11. The van der Waals surface area contributed by atoms with Gasteiger partial charge in [-0.1, -0.05) is 25.4 Å². The van der Waals surface area contributed by atoms with E-state index in [1.807, 2.05) is 26.0 Å². The number of ether oxygens (including phenoxy) is 1. The van der Waals surface area contributed by atoms with Gasteiger partial charge in [0.1, 0.15) is 12.0 Å². The van der Waals surface area contributed by atoms with Crippen LogP contribution in [0.1, 0.15) is 30.7 Å². The third kappa shape index (κ3) is 3.74. The molecule has 2 aromatic rings. The van der Waals surface area contributed by atoms with E-state index in [1.54, 1.807) is 6.26 Å². The van der Waals surface area contributed by atoms with Crippen molar-refractivity contribution in [2.45, 2.75) is 40.3 Å². The summed E-state index contributed by atoms with van der Waals surface area (Å²) in [5.41, 5.74) is 2.73. The summed E-state index contributed by atoms with van der Waals surface area (Å²) in [6.45, 7) is 8.70. The number of nitrogens with zero attached hydrogens (tertiary/aromatic N) is 1. The van der Waals surface area contributed by atoms with E-state index in [2.05, 4.69) is 24.1 Å². The first kappa shape index (κ1) is 14.9. The van der Waals surface area contributed by atoms with Crippen molar-refractivity contribution in [3.05, 3.63) is 40.2 Å². The molecule has 108 valence electrons. The van der Waals surface area contributed by atoms with Crippen molar-refractivity contribution in [1.82, 2.24) is 10.3 Å². The zero-order valence-electron chi connectivity index (χ0n) is 12.2. The maximum absolute atomic E-state index is 6.00. The van der Waals surface area contributed by atoms with E-state index in [0.717, 1.165) is 22.6 Å². The molecule has 5 heteroatoms. The van der Waals surface area contributed by atoms with Crippen LogP contribution in [0.15, 0.2) is 22.8 Å². The number of hydrogen-bond donors (Lipinski definition) is 1. The lowest BCUT2D eigenvalue weighted by Gasteiger charge is -2.09. The monoisotopic (exact) mass is 294 g/mol. The molecule has 1 aromatic carbocycles. The number of aryl methyl sites for hydroxylation is 2. The van der Waals surface area contributed by atoms with Gasteiger partial charge in [0.05, 0.1) is 5.69 Å². The molecule has 0 atom stereocenters. The predicted octanol–water partition coefficient (Wildman–Crippen LogP) is 4.24. The van der Waals surface area contributed by atoms with Crippen LogP contribution in [0, 0.1) is 13.8 Å². The number of oxazole rings is 1. The van der Waals surface area contributed by atoms with Gasteiger partial charge in [-0.25, -0.2) is 0 Å². The van der Waals surface area contributed by atoms with Gasteiger partial charge in [-0.15, -0.1) is 0 Å². The smallest absolute Gasteiger partial charge is 0.399 e. The van der Waals surface area contributed by atoms with Gasteiger partial charge in [-0.2, -0.15) is 4.98 Å². The number of aromatic nitrogens is 1. The van der Waals surface area contributed by atoms with Crippen LogP contribution in [0.5, 0.6) is 11.8 Å². The summed E-state index contributed by atoms with van der Waals surface area (Å²) in [7, 11) is 0. The highest BCUT2D eigenvalue weighted by molar-refractivity contribution is 6.30. The quantitative estimate of drug-likeness (QED) is 0.896. The Kier molecular flexibility index (Phi) is 4.68. The van der Waals surface area contributed by atoms with Crippen molar-refractivity contribution in [1.29, 1.82) is 0 Å². The van der Waals surface area contributed by atoms with E-state index in [9.17, 15) is 0 Å². The molecule has 0 aliphatic heterocycles. The zero-order chi connectivity index (χ0) is 14.7. The maximum atomic E-state index is 6.00. The fourth-order valence-electron chi connectivity index (χ4n) is 1.87. The van der Waals surface area contributed by atoms with Crippen molar-refractivity contribution >= 4 is 11.6 Å². The van der Waals surface area contributed by atoms with Gasteiger partial charge >= 0.3 is 6.08 Å². The molecule has 0 aliphatic carbocycles. The van der Waals surface area contributed by atoms with Crippen LogP contribution in [0.3, 0.4) is 0 Å². The molecular weight excluding hydrogens is 276 g/mol. The standard InChI is InChI=1S/C15H19ClN2O2/c1-9(2)17-7-13-8-19-15(18-13)20-14-10(3)5-12(16)6-11(14)4/h5-6,8-9,17H,7H2,1-4H3. The molecule has 0 aliphatic rings. The summed E-state index contributed by atoms with van der Waals surface area (Å²) in [5, 5.41) is 3.97. The topological polar surface area (TPSA) is 47.3 Å². The third-order valence-electron chi connectivity index (χ3n) is 2.84. The van der Waals surface area contributed by atoms with E-state index < -0.39 is 0 Å². The summed E-state index contributed by atoms with van der Waals surface area (Å²) >= 11 is 6.00. The molecule has 0 saturated carbocycles. The van der Waals surface area contributed by atoms with Crippen molar-refractivity contribution in [2.24, 2.45) is 0 Å². The molecule has 0 amide bonds. The van der Waals surface area contributed by atoms with Gasteiger partial charge in [0.2, 0.25) is 0 Å². The molecule has 2 rings (SSSR count). The first-order valence-electron chi connectivity index (χ1n) is 6.58. The van der Waals surface area contributed by atoms with Gasteiger partial charge < -0.3 is 14.5 Å². The first-order valence-corrected chi connectivity index (χ1v) is 6.96. The molecule has 0 radical (unpaired) electrons. The van der Waals surface area contributed by atoms with Crippen LogP contribution in [-0.4, -0.2) is 11.0 Å². The molecule has 0 saturated heterocycles. The van der Waals surface area contributed by atoms with Crippen LogP contribution in [0.2, 0.25) is 5.02 Å². The van der Waals surface area contributed by atoms with Crippen molar-refractivity contribution in [3.8, 4) is 11.8 Å². The molecule has 1 N–H and O–H groups in total. The van der Waals surface area contributed by atoms with E-state index in [1.165, 1.54) is 0 Å². The highest BCUT2D eigenvalue weighted by Crippen LogP contribution is 2.30. The number of nitrogens with one attached hydrogen (secondary N) is 1. The minimum absolute atomic E-state index is 0.249. The Morgan fingerprint density at radius 1 is 1.30 bits per heavy atom. The van der Waals surface area contributed by atoms with Crippen LogP contribution in [0.4, 0.5) is 0 Å². The zero-order valence-corrected chi connectivity index (χ0v) is 12.9. The average molecular weight is 295 g/mol. The average Bonchev–Trinajstić information content (AvgIpc) is 2.79. The van der Waals surface area contributed by atoms with Gasteiger partial charge in [0.15, 0.2) is 0 Å². The summed E-state index contributed by atoms with van der Waals surface area (Å²) in [5.74, 6) is 0.736. The number of hydrogen-bond acceptors (Lipinski definition) is 4. The minimum Gasteiger partial charge on any atom is -0.417 e. The Morgan fingerprint density at radius 3 is 2.55 bits per heavy atom. The van der Waals surface area contributed by atoms with Crippen molar-refractivity contribution in [3.63, 3.8) is 0 Å². The Bertz CT molecular complexity index is 570. The molecule has 0 unspecified atom stereocenters. The fraction of sp³-hybridized carbons (Fsp3) is 0.400. The third-order valence-corrected chi connectivity index (χ3v) is 3.05. The Morgan fingerprint density at radius 2 is 1.95 bits per heavy atom. The largest absolute Gasteiger partial charge is 0.417 e. The minimum atomic E-state index is 0.249. The van der Waals surface area contributed by atoms with Crippen LogP contribution < -0.4 is 10.1 Å². The van der Waals surface area contributed by atoms with E-state index in [4.69, 9.17) is 20.8 Å². The van der Waals surface area contributed by atoms with Gasteiger partial charge in [0.25, 0.3) is 0 Å². The van der Waals surface area contributed by atoms with Crippen LogP contribution >= 0.6 is 11.6 Å². The summed E-state index contributed by atoms with van der Waals surface area (Å²) in [4.78, 5) is 4.30. The Labute approximate surface area is 124 Å². The van der Waals surface area contributed by atoms with Gasteiger partial charge in [0, 0.05) is 17.6 Å². The van der Waals surface area contributed by atoms with Crippen molar-refractivity contribution in [2.75, 3.05) is 0 Å². The number of halogens is 1. The summed E-state index contributed by atoms with van der Waals surface area (Å²) in [6, 6.07) is 4.11. The lowest BCUT2D eigenvalue weighted by molar-refractivity contribution is 0.327. The SMILES string of the molecule is Cc1cc(Cl)cc(C)c1Oc1nc(CNC(C)C)co1. The molecular formula is C15H19ClN2O2. The molecule has 1 aromatic heterocycles. The maximum Gasteiger partial charge on any atom is 0.399 e. The molecule has 20 heavy (non-hydrogen) atoms. The predicted molar refractivity (Wildman–Crippen MR) is 79.5 cm³/mol. The summed E-state index contributed by atoms with van der Waals surface area (Å²) < 4.78 is 11.1. The Hall–Kier alpha value is -1.52. The fourth-order valence-corrected chi connectivity index (χ4v) is 2.20. The van der Waals surface area contributed by atoms with E-state index in [-0.39, 0.29) is 6.08 Å². The van der Waals surface area contributed by atoms with Crippen LogP contribution in [-0.2, 0) is 6.54 Å². The second-order valence-corrected chi connectivity index (χ2v) is 5.55. The lowest BCUT2D eigenvalue weighted by atomic mass is 10.1. The molecule has 4 nitrogen and oxygen atoms in total. The normalized spacial score (nSPS) is 11.1. The van der Waals surface area contributed by atoms with Crippen LogP contribution in [0.25, 0.3) is 0 Å². The van der Waals surface area contributed by atoms with Gasteiger partial charge in [-0.3, -0.25) is 0 Å². The highest BCUT2D eigenvalue weighted by Gasteiger charge is 2.11. The molecule has 0 fully saturated rings. The summed E-state index contributed by atoms with van der Waals surface area (Å²) in [6.07, 6.45) is 1.85. The highest BCUT2D eigenvalue weighted by atomic mass is 35.5. The first-order chi connectivity index (χ1) is 9.45. The molecule has 0 spiro atoms. The number of benzene rings is 1. The lowest BCUT2D eigenvalue weighted by Crippen LogP contribution is -2.21. The van der Waals surface area contributed by atoms with E-state index >= 15 is 0 Å².